The Morgan fingerprint density at radius 1 is 1.00 bits per heavy atom. The molecule has 1 amide bonds. The third kappa shape index (κ3) is 3.96. The van der Waals surface area contributed by atoms with Crippen LogP contribution in [0.15, 0.2) is 16.9 Å². The van der Waals surface area contributed by atoms with E-state index < -0.39 is 0 Å². The number of nitrogens with zero attached hydrogens (tertiary/aromatic N) is 3. The normalized spacial score (nSPS) is 28.8. The molecule has 3 aliphatic heterocycles. The van der Waals surface area contributed by atoms with Crippen molar-refractivity contribution in [3.8, 4) is 0 Å². The molecule has 0 radical (unpaired) electrons. The number of carbonyl (C=O) groups is 1. The Hall–Kier alpha value is -1.66. The highest BCUT2D eigenvalue weighted by molar-refractivity contribution is 5.93. The van der Waals surface area contributed by atoms with Crippen LogP contribution in [0.2, 0.25) is 0 Å². The van der Waals surface area contributed by atoms with Gasteiger partial charge in [0.25, 0.3) is 5.56 Å². The van der Waals surface area contributed by atoms with Crippen molar-refractivity contribution >= 4 is 11.6 Å². The number of anilines is 1. The quantitative estimate of drug-likeness (QED) is 0.829. The average molecular weight is 413 g/mol. The van der Waals surface area contributed by atoms with Crippen LogP contribution >= 0.6 is 0 Å². The maximum atomic E-state index is 12.9. The van der Waals surface area contributed by atoms with Crippen LogP contribution in [0.3, 0.4) is 0 Å². The number of amides is 1. The third-order valence-corrected chi connectivity index (χ3v) is 8.06. The number of piperidine rings is 2. The lowest BCUT2D eigenvalue weighted by Crippen LogP contribution is -2.53. The Balaban J connectivity index is 1.38. The predicted molar refractivity (Wildman–Crippen MR) is 119 cm³/mol. The first-order chi connectivity index (χ1) is 14.6. The first kappa shape index (κ1) is 20.3. The van der Waals surface area contributed by atoms with E-state index in [1.807, 2.05) is 10.6 Å². The van der Waals surface area contributed by atoms with Crippen molar-refractivity contribution in [3.05, 3.63) is 28.2 Å². The minimum atomic E-state index is 0.0862. The van der Waals surface area contributed by atoms with Crippen LogP contribution in [0.1, 0.15) is 63.0 Å². The number of rotatable bonds is 3. The fourth-order valence-corrected chi connectivity index (χ4v) is 6.42. The van der Waals surface area contributed by atoms with Crippen LogP contribution in [0.25, 0.3) is 0 Å². The SMILES string of the molecule is CN1CCC(N2C[C@@H]3C[C@H](C2)c2c(NC(=O)C4CCCCC4)ccc(=O)n2C3)CC1. The summed E-state index contributed by atoms with van der Waals surface area (Å²) in [5.41, 5.74) is 2.06. The second-order valence-electron chi connectivity index (χ2n) is 10.2. The second kappa shape index (κ2) is 8.46. The van der Waals surface area contributed by atoms with Gasteiger partial charge in [-0.25, -0.2) is 0 Å². The Morgan fingerprint density at radius 2 is 1.77 bits per heavy atom. The molecule has 1 N–H and O–H groups in total. The van der Waals surface area contributed by atoms with Crippen molar-refractivity contribution in [3.63, 3.8) is 0 Å². The van der Waals surface area contributed by atoms with E-state index in [9.17, 15) is 9.59 Å². The molecule has 6 nitrogen and oxygen atoms in total. The molecule has 5 rings (SSSR count). The van der Waals surface area contributed by atoms with E-state index in [0.717, 1.165) is 63.1 Å². The van der Waals surface area contributed by atoms with Crippen molar-refractivity contribution in [2.45, 2.75) is 69.9 Å². The zero-order valence-corrected chi connectivity index (χ0v) is 18.3. The summed E-state index contributed by atoms with van der Waals surface area (Å²) in [5, 5.41) is 3.25. The molecule has 1 aromatic heterocycles. The molecule has 4 aliphatic rings. The average Bonchev–Trinajstić information content (AvgIpc) is 2.76. The van der Waals surface area contributed by atoms with Crippen LogP contribution in [0.4, 0.5) is 5.69 Å². The summed E-state index contributed by atoms with van der Waals surface area (Å²) in [7, 11) is 2.21. The molecule has 1 saturated carbocycles. The third-order valence-electron chi connectivity index (χ3n) is 8.06. The lowest BCUT2D eigenvalue weighted by molar-refractivity contribution is -0.120. The van der Waals surface area contributed by atoms with Gasteiger partial charge in [0.05, 0.1) is 5.69 Å². The van der Waals surface area contributed by atoms with Crippen LogP contribution in [0, 0.1) is 11.8 Å². The van der Waals surface area contributed by atoms with E-state index in [0.29, 0.717) is 17.9 Å². The van der Waals surface area contributed by atoms with Gasteiger partial charge in [0.1, 0.15) is 0 Å². The van der Waals surface area contributed by atoms with E-state index in [1.54, 1.807) is 6.07 Å². The van der Waals surface area contributed by atoms with Crippen LogP contribution in [-0.2, 0) is 11.3 Å². The van der Waals surface area contributed by atoms with Gasteiger partial charge >= 0.3 is 0 Å². The fourth-order valence-electron chi connectivity index (χ4n) is 6.42. The van der Waals surface area contributed by atoms with Crippen molar-refractivity contribution in [1.82, 2.24) is 14.4 Å². The van der Waals surface area contributed by atoms with E-state index in [1.165, 1.54) is 32.4 Å². The number of likely N-dealkylation sites (tertiary alicyclic amines) is 2. The zero-order valence-electron chi connectivity index (χ0n) is 18.3. The first-order valence-corrected chi connectivity index (χ1v) is 12.1. The van der Waals surface area contributed by atoms with Gasteiger partial charge in [-0.05, 0) is 64.2 Å². The van der Waals surface area contributed by atoms with Gasteiger partial charge in [-0.15, -0.1) is 0 Å². The molecule has 4 heterocycles. The van der Waals surface area contributed by atoms with E-state index in [4.69, 9.17) is 0 Å². The summed E-state index contributed by atoms with van der Waals surface area (Å²) >= 11 is 0. The van der Waals surface area contributed by atoms with Gasteiger partial charge in [0.15, 0.2) is 0 Å². The summed E-state index contributed by atoms with van der Waals surface area (Å²) in [6, 6.07) is 4.17. The van der Waals surface area contributed by atoms with Gasteiger partial charge < -0.3 is 14.8 Å². The topological polar surface area (TPSA) is 57.6 Å². The summed E-state index contributed by atoms with van der Waals surface area (Å²) in [5.74, 6) is 1.16. The fraction of sp³-hybridized carbons (Fsp3) is 0.750. The van der Waals surface area contributed by atoms with Crippen LogP contribution in [-0.4, -0.2) is 59.5 Å². The lowest BCUT2D eigenvalue weighted by atomic mass is 9.81. The molecule has 1 aromatic rings. The standard InChI is InChI=1S/C24H36N4O2/c1-26-11-9-20(10-12-26)27-14-17-13-19(16-27)23-21(7-8-22(29)28(23)15-17)25-24(30)18-5-3-2-4-6-18/h7-8,17-20H,2-6,9-16H2,1H3,(H,25,30)/t17-,19+/m0/s1. The number of pyridine rings is 1. The largest absolute Gasteiger partial charge is 0.324 e. The maximum Gasteiger partial charge on any atom is 0.250 e. The maximum absolute atomic E-state index is 12.9. The van der Waals surface area contributed by atoms with Crippen molar-refractivity contribution in [2.75, 3.05) is 38.5 Å². The first-order valence-electron chi connectivity index (χ1n) is 12.1. The molecule has 0 aromatic carbocycles. The second-order valence-corrected chi connectivity index (χ2v) is 10.2. The summed E-state index contributed by atoms with van der Waals surface area (Å²) in [6.07, 6.45) is 9.16. The Kier molecular flexibility index (Phi) is 5.71. The molecule has 0 spiro atoms. The monoisotopic (exact) mass is 412 g/mol. The number of hydrogen-bond acceptors (Lipinski definition) is 4. The van der Waals surface area contributed by atoms with E-state index >= 15 is 0 Å². The smallest absolute Gasteiger partial charge is 0.250 e. The van der Waals surface area contributed by atoms with Crippen molar-refractivity contribution in [2.24, 2.45) is 11.8 Å². The van der Waals surface area contributed by atoms with Crippen molar-refractivity contribution in [1.29, 1.82) is 0 Å². The molecule has 2 bridgehead atoms. The lowest BCUT2D eigenvalue weighted by Gasteiger charge is -2.47. The van der Waals surface area contributed by atoms with E-state index in [-0.39, 0.29) is 17.4 Å². The molecule has 6 heteroatoms. The highest BCUT2D eigenvalue weighted by Crippen LogP contribution is 2.40. The van der Waals surface area contributed by atoms with Gasteiger partial charge in [0, 0.05) is 49.3 Å². The highest BCUT2D eigenvalue weighted by atomic mass is 16.2. The minimum Gasteiger partial charge on any atom is -0.324 e. The van der Waals surface area contributed by atoms with Gasteiger partial charge in [-0.3, -0.25) is 14.5 Å². The molecular weight excluding hydrogens is 376 g/mol. The molecule has 30 heavy (non-hydrogen) atoms. The number of hydrogen-bond donors (Lipinski definition) is 1. The number of nitrogens with one attached hydrogen (secondary N) is 1. The number of fused-ring (bicyclic) bond motifs is 4. The van der Waals surface area contributed by atoms with Gasteiger partial charge in [0.2, 0.25) is 5.91 Å². The van der Waals surface area contributed by atoms with Gasteiger partial charge in [-0.1, -0.05) is 19.3 Å². The molecule has 3 fully saturated rings. The van der Waals surface area contributed by atoms with Crippen LogP contribution < -0.4 is 10.9 Å². The summed E-state index contributed by atoms with van der Waals surface area (Å²) in [4.78, 5) is 30.7. The Bertz CT molecular complexity index is 836. The molecule has 1 aliphatic carbocycles. The minimum absolute atomic E-state index is 0.0862. The molecule has 2 atom stereocenters. The molecule has 164 valence electrons. The molecular formula is C24H36N4O2. The summed E-state index contributed by atoms with van der Waals surface area (Å²) in [6.45, 7) is 5.27. The number of carbonyl (C=O) groups excluding carboxylic acids is 1. The van der Waals surface area contributed by atoms with Crippen LogP contribution in [0.5, 0.6) is 0 Å². The van der Waals surface area contributed by atoms with Crippen molar-refractivity contribution < 1.29 is 4.79 Å². The molecule has 2 saturated heterocycles. The Labute approximate surface area is 179 Å². The summed E-state index contributed by atoms with van der Waals surface area (Å²) < 4.78 is 1.97. The van der Waals surface area contributed by atoms with E-state index in [2.05, 4.69) is 22.2 Å². The predicted octanol–water partition coefficient (Wildman–Crippen LogP) is 2.88. The zero-order chi connectivity index (χ0) is 20.7. The highest BCUT2D eigenvalue weighted by Gasteiger charge is 2.39. The van der Waals surface area contributed by atoms with Gasteiger partial charge in [-0.2, -0.15) is 0 Å². The molecule has 0 unspecified atom stereocenters. The number of aromatic nitrogens is 1. The Morgan fingerprint density at radius 3 is 2.53 bits per heavy atom.